The fraction of sp³-hybridized carbons (Fsp3) is 0.318. The van der Waals surface area contributed by atoms with Gasteiger partial charge < -0.3 is 5.32 Å². The molecule has 5 heteroatoms. The minimum absolute atomic E-state index is 0.0565. The zero-order valence-electron chi connectivity index (χ0n) is 15.6. The molecule has 0 aliphatic carbocycles. The van der Waals surface area contributed by atoms with E-state index in [0.717, 1.165) is 32.7 Å². The summed E-state index contributed by atoms with van der Waals surface area (Å²) in [6, 6.07) is 15.9. The van der Waals surface area contributed by atoms with Crippen LogP contribution < -0.4 is 5.32 Å². The van der Waals surface area contributed by atoms with Crippen molar-refractivity contribution in [2.75, 3.05) is 38.0 Å². The molecule has 1 heterocycles. The molecule has 0 radical (unpaired) electrons. The summed E-state index contributed by atoms with van der Waals surface area (Å²) in [5, 5.41) is 2.86. The van der Waals surface area contributed by atoms with E-state index in [4.69, 9.17) is 0 Å². The summed E-state index contributed by atoms with van der Waals surface area (Å²) in [5.74, 6) is -0.363. The highest BCUT2D eigenvalue weighted by Crippen LogP contribution is 2.12. The topological polar surface area (TPSA) is 35.6 Å². The Labute approximate surface area is 160 Å². The largest absolute Gasteiger partial charge is 0.325 e. The lowest BCUT2D eigenvalue weighted by atomic mass is 10.2. The van der Waals surface area contributed by atoms with Crippen LogP contribution in [0.2, 0.25) is 0 Å². The molecule has 142 valence electrons. The second-order valence-electron chi connectivity index (χ2n) is 6.82. The van der Waals surface area contributed by atoms with Crippen molar-refractivity contribution < 1.29 is 9.18 Å². The van der Waals surface area contributed by atoms with Gasteiger partial charge in [-0.2, -0.15) is 0 Å². The van der Waals surface area contributed by atoms with E-state index in [9.17, 15) is 9.18 Å². The number of piperazine rings is 1. The van der Waals surface area contributed by atoms with E-state index in [1.807, 2.05) is 25.1 Å². The van der Waals surface area contributed by atoms with Crippen molar-refractivity contribution in [1.29, 1.82) is 0 Å². The van der Waals surface area contributed by atoms with Gasteiger partial charge in [-0.05, 0) is 36.8 Å². The summed E-state index contributed by atoms with van der Waals surface area (Å²) in [7, 11) is 0. The van der Waals surface area contributed by atoms with Gasteiger partial charge in [0.15, 0.2) is 0 Å². The summed E-state index contributed by atoms with van der Waals surface area (Å²) in [6.07, 6.45) is 4.33. The molecule has 1 aliphatic heterocycles. The van der Waals surface area contributed by atoms with Crippen LogP contribution in [0.4, 0.5) is 10.1 Å². The van der Waals surface area contributed by atoms with Gasteiger partial charge in [-0.1, -0.05) is 42.5 Å². The first-order chi connectivity index (χ1) is 13.1. The molecule has 0 aromatic heterocycles. The monoisotopic (exact) mass is 367 g/mol. The van der Waals surface area contributed by atoms with Crippen LogP contribution >= 0.6 is 0 Å². The van der Waals surface area contributed by atoms with E-state index in [-0.39, 0.29) is 17.8 Å². The molecule has 0 spiro atoms. The van der Waals surface area contributed by atoms with Gasteiger partial charge >= 0.3 is 0 Å². The zero-order valence-corrected chi connectivity index (χ0v) is 15.6. The zero-order chi connectivity index (χ0) is 19.1. The Kier molecular flexibility index (Phi) is 6.74. The summed E-state index contributed by atoms with van der Waals surface area (Å²) in [6.45, 7) is 6.43. The fourth-order valence-corrected chi connectivity index (χ4v) is 3.18. The lowest BCUT2D eigenvalue weighted by molar-refractivity contribution is -0.121. The van der Waals surface area contributed by atoms with Crippen LogP contribution in [-0.4, -0.2) is 54.5 Å². The number of hydrogen-bond donors (Lipinski definition) is 1. The van der Waals surface area contributed by atoms with Crippen molar-refractivity contribution >= 4 is 17.7 Å². The van der Waals surface area contributed by atoms with Crippen LogP contribution in [-0.2, 0) is 4.79 Å². The molecule has 2 aromatic rings. The minimum atomic E-state index is -0.307. The lowest BCUT2D eigenvalue weighted by Gasteiger charge is -2.37. The normalized spacial score (nSPS) is 17.1. The second kappa shape index (κ2) is 9.44. The summed E-state index contributed by atoms with van der Waals surface area (Å²) in [5.41, 5.74) is 1.83. The Hall–Kier alpha value is -2.50. The first-order valence-corrected chi connectivity index (χ1v) is 9.36. The standard InChI is InChI=1S/C22H26FN3O/c1-18(22(27)24-21-11-9-20(23)10-12-21)26-16-14-25(15-17-26)13-5-8-19-6-3-2-4-7-19/h2-12,18H,13-17H2,1H3,(H,24,27)/b8-5+. The highest BCUT2D eigenvalue weighted by molar-refractivity contribution is 5.94. The van der Waals surface area contributed by atoms with Crippen LogP contribution in [0.1, 0.15) is 12.5 Å². The Bertz CT molecular complexity index is 753. The summed E-state index contributed by atoms with van der Waals surface area (Å²) >= 11 is 0. The van der Waals surface area contributed by atoms with Crippen molar-refractivity contribution in [3.63, 3.8) is 0 Å². The van der Waals surface area contributed by atoms with Gasteiger partial charge in [0.1, 0.15) is 5.82 Å². The van der Waals surface area contributed by atoms with Gasteiger partial charge in [0.25, 0.3) is 0 Å². The SMILES string of the molecule is CC(C(=O)Nc1ccc(F)cc1)N1CCN(C/C=C/c2ccccc2)CC1. The van der Waals surface area contributed by atoms with Gasteiger partial charge in [0, 0.05) is 38.4 Å². The van der Waals surface area contributed by atoms with Crippen LogP contribution in [0, 0.1) is 5.82 Å². The third kappa shape index (κ3) is 5.74. The van der Waals surface area contributed by atoms with Gasteiger partial charge in [-0.15, -0.1) is 0 Å². The number of carbonyl (C=O) groups excluding carboxylic acids is 1. The predicted octanol–water partition coefficient (Wildman–Crippen LogP) is 3.48. The fourth-order valence-electron chi connectivity index (χ4n) is 3.18. The highest BCUT2D eigenvalue weighted by Gasteiger charge is 2.25. The van der Waals surface area contributed by atoms with Crippen molar-refractivity contribution in [1.82, 2.24) is 9.80 Å². The number of anilines is 1. The van der Waals surface area contributed by atoms with Crippen LogP contribution in [0.3, 0.4) is 0 Å². The van der Waals surface area contributed by atoms with Crippen molar-refractivity contribution in [3.8, 4) is 0 Å². The van der Waals surface area contributed by atoms with E-state index in [1.165, 1.54) is 17.7 Å². The molecule has 1 unspecified atom stereocenters. The number of nitrogens with zero attached hydrogens (tertiary/aromatic N) is 2. The van der Waals surface area contributed by atoms with Crippen molar-refractivity contribution in [3.05, 3.63) is 72.1 Å². The molecule has 1 saturated heterocycles. The molecule has 1 fully saturated rings. The summed E-state index contributed by atoms with van der Waals surface area (Å²) in [4.78, 5) is 17.0. The Morgan fingerprint density at radius 2 is 1.74 bits per heavy atom. The molecule has 1 atom stereocenters. The first-order valence-electron chi connectivity index (χ1n) is 9.36. The van der Waals surface area contributed by atoms with E-state index >= 15 is 0 Å². The first kappa shape index (κ1) is 19.3. The lowest BCUT2D eigenvalue weighted by Crippen LogP contribution is -2.52. The predicted molar refractivity (Wildman–Crippen MR) is 108 cm³/mol. The molecule has 4 nitrogen and oxygen atoms in total. The van der Waals surface area contributed by atoms with Crippen LogP contribution in [0.5, 0.6) is 0 Å². The third-order valence-corrected chi connectivity index (χ3v) is 4.92. The quantitative estimate of drug-likeness (QED) is 0.849. The molecular weight excluding hydrogens is 341 g/mol. The number of carbonyl (C=O) groups is 1. The van der Waals surface area contributed by atoms with Gasteiger partial charge in [-0.25, -0.2) is 4.39 Å². The molecule has 1 aliphatic rings. The smallest absolute Gasteiger partial charge is 0.241 e. The van der Waals surface area contributed by atoms with E-state index in [0.29, 0.717) is 5.69 Å². The Morgan fingerprint density at radius 3 is 2.41 bits per heavy atom. The molecular formula is C22H26FN3O. The average molecular weight is 367 g/mol. The maximum atomic E-state index is 13.0. The summed E-state index contributed by atoms with van der Waals surface area (Å²) < 4.78 is 13.0. The number of nitrogens with one attached hydrogen (secondary N) is 1. The number of rotatable bonds is 6. The van der Waals surface area contributed by atoms with Crippen LogP contribution in [0.15, 0.2) is 60.7 Å². The van der Waals surface area contributed by atoms with Gasteiger partial charge in [0.05, 0.1) is 6.04 Å². The molecule has 0 bridgehead atoms. The Balaban J connectivity index is 1.43. The molecule has 27 heavy (non-hydrogen) atoms. The van der Waals surface area contributed by atoms with Gasteiger partial charge in [0.2, 0.25) is 5.91 Å². The van der Waals surface area contributed by atoms with E-state index in [2.05, 4.69) is 39.4 Å². The maximum absolute atomic E-state index is 13.0. The number of benzene rings is 2. The van der Waals surface area contributed by atoms with E-state index in [1.54, 1.807) is 12.1 Å². The average Bonchev–Trinajstić information content (AvgIpc) is 2.70. The third-order valence-electron chi connectivity index (χ3n) is 4.92. The van der Waals surface area contributed by atoms with Gasteiger partial charge in [-0.3, -0.25) is 14.6 Å². The molecule has 1 amide bonds. The second-order valence-corrected chi connectivity index (χ2v) is 6.82. The van der Waals surface area contributed by atoms with Crippen LogP contribution in [0.25, 0.3) is 6.08 Å². The highest BCUT2D eigenvalue weighted by atomic mass is 19.1. The Morgan fingerprint density at radius 1 is 1.07 bits per heavy atom. The molecule has 2 aromatic carbocycles. The van der Waals surface area contributed by atoms with Crippen molar-refractivity contribution in [2.24, 2.45) is 0 Å². The molecule has 3 rings (SSSR count). The number of hydrogen-bond acceptors (Lipinski definition) is 3. The minimum Gasteiger partial charge on any atom is -0.325 e. The molecule has 1 N–H and O–H groups in total. The van der Waals surface area contributed by atoms with Crippen molar-refractivity contribution in [2.45, 2.75) is 13.0 Å². The number of halogens is 1. The van der Waals surface area contributed by atoms with E-state index < -0.39 is 0 Å². The number of amides is 1. The maximum Gasteiger partial charge on any atom is 0.241 e. The molecule has 0 saturated carbocycles.